The SMILES string of the molecule is CC.CNc1nc(S(C)(=O)=O)nc(N2CCC2)c1C. The van der Waals surface area contributed by atoms with Gasteiger partial charge in [-0.05, 0) is 13.3 Å². The molecular formula is C12H22N4O2S. The molecule has 2 rings (SSSR count). The number of nitrogens with one attached hydrogen (secondary N) is 1. The Morgan fingerprint density at radius 1 is 1.21 bits per heavy atom. The molecule has 6 nitrogen and oxygen atoms in total. The first kappa shape index (κ1) is 15.7. The summed E-state index contributed by atoms with van der Waals surface area (Å²) in [6.07, 6.45) is 2.24. The Morgan fingerprint density at radius 2 is 1.79 bits per heavy atom. The van der Waals surface area contributed by atoms with Gasteiger partial charge in [0.2, 0.25) is 9.84 Å². The minimum absolute atomic E-state index is 0.116. The van der Waals surface area contributed by atoms with Gasteiger partial charge in [0.05, 0.1) is 0 Å². The van der Waals surface area contributed by atoms with Gasteiger partial charge in [-0.25, -0.2) is 18.4 Å². The quantitative estimate of drug-likeness (QED) is 0.848. The molecule has 1 aliphatic heterocycles. The molecule has 0 amide bonds. The number of hydrogen-bond acceptors (Lipinski definition) is 6. The third kappa shape index (κ3) is 3.34. The molecule has 1 aromatic rings. The van der Waals surface area contributed by atoms with E-state index in [0.717, 1.165) is 37.1 Å². The predicted octanol–water partition coefficient (Wildman–Crippen LogP) is 1.47. The van der Waals surface area contributed by atoms with Gasteiger partial charge >= 0.3 is 0 Å². The highest BCUT2D eigenvalue weighted by Crippen LogP contribution is 2.27. The van der Waals surface area contributed by atoms with Crippen LogP contribution in [0, 0.1) is 6.92 Å². The Kier molecular flexibility index (Phi) is 5.11. The molecule has 0 radical (unpaired) electrons. The van der Waals surface area contributed by atoms with Crippen molar-refractivity contribution >= 4 is 21.5 Å². The molecule has 0 aliphatic carbocycles. The number of rotatable bonds is 3. The van der Waals surface area contributed by atoms with Crippen LogP contribution in [0.5, 0.6) is 0 Å². The molecule has 108 valence electrons. The maximum atomic E-state index is 11.5. The minimum Gasteiger partial charge on any atom is -0.373 e. The van der Waals surface area contributed by atoms with Crippen LogP contribution in [-0.4, -0.2) is 44.8 Å². The molecule has 7 heteroatoms. The molecule has 0 atom stereocenters. The highest BCUT2D eigenvalue weighted by molar-refractivity contribution is 7.90. The Morgan fingerprint density at radius 3 is 2.16 bits per heavy atom. The minimum atomic E-state index is -3.38. The first-order valence-electron chi connectivity index (χ1n) is 6.45. The summed E-state index contributed by atoms with van der Waals surface area (Å²) in [4.78, 5) is 10.2. The summed E-state index contributed by atoms with van der Waals surface area (Å²) >= 11 is 0. The molecule has 0 unspecified atom stereocenters. The van der Waals surface area contributed by atoms with E-state index < -0.39 is 9.84 Å². The van der Waals surface area contributed by atoms with Crippen molar-refractivity contribution < 1.29 is 8.42 Å². The Hall–Kier alpha value is -1.37. The summed E-state index contributed by atoms with van der Waals surface area (Å²) in [5, 5.41) is 2.79. The molecule has 1 aliphatic rings. The first-order valence-corrected chi connectivity index (χ1v) is 8.34. The van der Waals surface area contributed by atoms with Crippen molar-refractivity contribution in [1.82, 2.24) is 9.97 Å². The Balaban J connectivity index is 0.000000861. The summed E-state index contributed by atoms with van der Waals surface area (Å²) in [5.41, 5.74) is 0.889. The van der Waals surface area contributed by atoms with Crippen LogP contribution in [0.3, 0.4) is 0 Å². The van der Waals surface area contributed by atoms with E-state index in [-0.39, 0.29) is 5.16 Å². The third-order valence-electron chi connectivity index (χ3n) is 2.82. The molecule has 1 fully saturated rings. The number of nitrogens with zero attached hydrogens (tertiary/aromatic N) is 3. The molecule has 0 saturated carbocycles. The van der Waals surface area contributed by atoms with Crippen LogP contribution in [-0.2, 0) is 9.84 Å². The van der Waals surface area contributed by atoms with E-state index in [1.54, 1.807) is 7.05 Å². The standard InChI is InChI=1S/C10H16N4O2S.C2H6/c1-7-8(11-2)12-10(17(3,15)16)13-9(7)14-5-4-6-14;1-2/h4-6H2,1-3H3,(H,11,12,13);1-2H3. The summed E-state index contributed by atoms with van der Waals surface area (Å²) < 4.78 is 23.0. The lowest BCUT2D eigenvalue weighted by molar-refractivity contribution is 0.584. The highest BCUT2D eigenvalue weighted by atomic mass is 32.2. The van der Waals surface area contributed by atoms with Gasteiger partial charge in [-0.3, -0.25) is 0 Å². The molecular weight excluding hydrogens is 264 g/mol. The van der Waals surface area contributed by atoms with Gasteiger partial charge in [0, 0.05) is 32.0 Å². The van der Waals surface area contributed by atoms with Crippen LogP contribution in [0.2, 0.25) is 0 Å². The van der Waals surface area contributed by atoms with E-state index in [0.29, 0.717) is 5.82 Å². The van der Waals surface area contributed by atoms with Crippen molar-refractivity contribution in [2.24, 2.45) is 0 Å². The first-order chi connectivity index (χ1) is 8.93. The van der Waals surface area contributed by atoms with Gasteiger partial charge in [0.15, 0.2) is 0 Å². The number of aromatic nitrogens is 2. The smallest absolute Gasteiger partial charge is 0.250 e. The highest BCUT2D eigenvalue weighted by Gasteiger charge is 2.23. The van der Waals surface area contributed by atoms with Crippen molar-refractivity contribution in [2.45, 2.75) is 32.3 Å². The second-order valence-electron chi connectivity index (χ2n) is 4.17. The Labute approximate surface area is 115 Å². The summed E-state index contributed by atoms with van der Waals surface area (Å²) in [7, 11) is -1.66. The maximum absolute atomic E-state index is 11.5. The van der Waals surface area contributed by atoms with Crippen LogP contribution in [0.15, 0.2) is 5.16 Å². The van der Waals surface area contributed by atoms with Gasteiger partial charge in [-0.2, -0.15) is 0 Å². The van der Waals surface area contributed by atoms with Crippen LogP contribution in [0.4, 0.5) is 11.6 Å². The van der Waals surface area contributed by atoms with Gasteiger partial charge in [-0.1, -0.05) is 13.8 Å². The van der Waals surface area contributed by atoms with Crippen molar-refractivity contribution in [1.29, 1.82) is 0 Å². The molecule has 0 bridgehead atoms. The fraction of sp³-hybridized carbons (Fsp3) is 0.667. The van der Waals surface area contributed by atoms with E-state index in [2.05, 4.69) is 20.2 Å². The summed E-state index contributed by atoms with van der Waals surface area (Å²) in [6.45, 7) is 7.74. The fourth-order valence-corrected chi connectivity index (χ4v) is 2.24. The largest absolute Gasteiger partial charge is 0.373 e. The zero-order valence-electron chi connectivity index (χ0n) is 12.2. The molecule has 1 saturated heterocycles. The Bertz CT molecular complexity index is 539. The van der Waals surface area contributed by atoms with Crippen LogP contribution in [0.1, 0.15) is 25.8 Å². The van der Waals surface area contributed by atoms with E-state index in [4.69, 9.17) is 0 Å². The van der Waals surface area contributed by atoms with Crippen molar-refractivity contribution in [3.63, 3.8) is 0 Å². The van der Waals surface area contributed by atoms with Crippen molar-refractivity contribution in [3.05, 3.63) is 5.56 Å². The molecule has 1 N–H and O–H groups in total. The fourth-order valence-electron chi connectivity index (χ4n) is 1.73. The summed E-state index contributed by atoms with van der Waals surface area (Å²) in [6, 6.07) is 0. The average Bonchev–Trinajstić information content (AvgIpc) is 2.30. The van der Waals surface area contributed by atoms with Gasteiger partial charge in [-0.15, -0.1) is 0 Å². The van der Waals surface area contributed by atoms with Gasteiger partial charge in [0.25, 0.3) is 5.16 Å². The monoisotopic (exact) mass is 286 g/mol. The lowest BCUT2D eigenvalue weighted by Crippen LogP contribution is -2.38. The lowest BCUT2D eigenvalue weighted by atomic mass is 10.2. The molecule has 0 spiro atoms. The van der Waals surface area contributed by atoms with Crippen LogP contribution >= 0.6 is 0 Å². The van der Waals surface area contributed by atoms with Gasteiger partial charge < -0.3 is 10.2 Å². The number of anilines is 2. The normalized spacial score (nSPS) is 14.3. The molecule has 1 aromatic heterocycles. The predicted molar refractivity (Wildman–Crippen MR) is 77.6 cm³/mol. The van der Waals surface area contributed by atoms with E-state index in [1.165, 1.54) is 0 Å². The molecule has 19 heavy (non-hydrogen) atoms. The van der Waals surface area contributed by atoms with Crippen LogP contribution < -0.4 is 10.2 Å². The number of hydrogen-bond donors (Lipinski definition) is 1. The lowest BCUT2D eigenvalue weighted by Gasteiger charge is -2.33. The summed E-state index contributed by atoms with van der Waals surface area (Å²) in [5.74, 6) is 1.29. The second kappa shape index (κ2) is 6.18. The van der Waals surface area contributed by atoms with Crippen LogP contribution in [0.25, 0.3) is 0 Å². The van der Waals surface area contributed by atoms with E-state index in [9.17, 15) is 8.42 Å². The average molecular weight is 286 g/mol. The molecule has 0 aromatic carbocycles. The maximum Gasteiger partial charge on any atom is 0.250 e. The topological polar surface area (TPSA) is 75.2 Å². The van der Waals surface area contributed by atoms with Crippen molar-refractivity contribution in [2.75, 3.05) is 36.6 Å². The second-order valence-corrected chi connectivity index (χ2v) is 6.08. The zero-order chi connectivity index (χ0) is 14.6. The zero-order valence-corrected chi connectivity index (χ0v) is 13.0. The van der Waals surface area contributed by atoms with Gasteiger partial charge in [0.1, 0.15) is 11.6 Å². The molecule has 2 heterocycles. The van der Waals surface area contributed by atoms with Crippen molar-refractivity contribution in [3.8, 4) is 0 Å². The third-order valence-corrected chi connectivity index (χ3v) is 3.67. The van der Waals surface area contributed by atoms with E-state index in [1.807, 2.05) is 20.8 Å². The number of sulfone groups is 1. The van der Waals surface area contributed by atoms with E-state index >= 15 is 0 Å².